The molecule has 1 saturated carbocycles. The van der Waals surface area contributed by atoms with Crippen LogP contribution in [0.5, 0.6) is 0 Å². The maximum atomic E-state index is 12.5. The lowest BCUT2D eigenvalue weighted by Gasteiger charge is -2.19. The van der Waals surface area contributed by atoms with Crippen molar-refractivity contribution >= 4 is 5.91 Å². The average molecular weight is 369 g/mol. The van der Waals surface area contributed by atoms with Crippen LogP contribution in [0.25, 0.3) is 0 Å². The second-order valence-corrected chi connectivity index (χ2v) is 7.34. The second-order valence-electron chi connectivity index (χ2n) is 7.34. The maximum absolute atomic E-state index is 12.5. The van der Waals surface area contributed by atoms with Gasteiger partial charge in [-0.25, -0.2) is 0 Å². The minimum absolute atomic E-state index is 0.134. The second kappa shape index (κ2) is 12.9. The molecule has 0 saturated heterocycles. The predicted molar refractivity (Wildman–Crippen MR) is 107 cm³/mol. The molecule has 0 radical (unpaired) electrons. The minimum Gasteiger partial charge on any atom is -0.386 e. The minimum atomic E-state index is -0.267. The van der Waals surface area contributed by atoms with Crippen LogP contribution in [0.4, 0.5) is 0 Å². The molecule has 2 N–H and O–H groups in total. The fourth-order valence-corrected chi connectivity index (χ4v) is 3.49. The summed E-state index contributed by atoms with van der Waals surface area (Å²) in [5.74, 6) is -0.267. The van der Waals surface area contributed by atoms with Gasteiger partial charge in [-0.2, -0.15) is 5.26 Å². The molecule has 1 heterocycles. The van der Waals surface area contributed by atoms with E-state index in [1.165, 1.54) is 51.1 Å². The molecule has 1 amide bonds. The van der Waals surface area contributed by atoms with Crippen molar-refractivity contribution in [3.8, 4) is 6.07 Å². The van der Waals surface area contributed by atoms with Gasteiger partial charge in [0.15, 0.2) is 0 Å². The van der Waals surface area contributed by atoms with Crippen molar-refractivity contribution < 1.29 is 4.79 Å². The first kappa shape index (κ1) is 21.0. The maximum Gasteiger partial charge on any atom is 0.263 e. The average Bonchev–Trinajstić information content (AvgIpc) is 2.68. The zero-order valence-electron chi connectivity index (χ0n) is 16.3. The topological polar surface area (TPSA) is 77.8 Å². The summed E-state index contributed by atoms with van der Waals surface area (Å²) in [6.07, 6.45) is 18.4. The molecule has 0 aromatic carbocycles. The molecule has 1 aromatic rings. The molecular formula is C22H32N4O. The Kier molecular flexibility index (Phi) is 10.0. The molecule has 5 nitrogen and oxygen atoms in total. The monoisotopic (exact) mass is 368 g/mol. The van der Waals surface area contributed by atoms with Gasteiger partial charge in [-0.1, -0.05) is 57.8 Å². The van der Waals surface area contributed by atoms with E-state index in [4.69, 9.17) is 0 Å². The third-order valence-corrected chi connectivity index (χ3v) is 5.11. The molecule has 2 rings (SSSR count). The summed E-state index contributed by atoms with van der Waals surface area (Å²) in [6.45, 7) is 0.560. The first-order valence-electron chi connectivity index (χ1n) is 10.3. The fraction of sp³-hybridized carbons (Fsp3) is 0.591. The van der Waals surface area contributed by atoms with Crippen LogP contribution in [0.3, 0.4) is 0 Å². The third kappa shape index (κ3) is 8.72. The number of amides is 1. The van der Waals surface area contributed by atoms with Gasteiger partial charge in [0.2, 0.25) is 0 Å². The number of nitriles is 1. The molecule has 1 aliphatic rings. The molecule has 5 heteroatoms. The Bertz CT molecular complexity index is 609. The van der Waals surface area contributed by atoms with Gasteiger partial charge in [0, 0.05) is 31.2 Å². The quantitative estimate of drug-likeness (QED) is 0.598. The van der Waals surface area contributed by atoms with Crippen LogP contribution in [0.2, 0.25) is 0 Å². The first-order valence-corrected chi connectivity index (χ1v) is 10.3. The first-order chi connectivity index (χ1) is 13.3. The standard InChI is InChI=1S/C22H32N4O/c23-16-20(18-25-17-19-12-14-24-15-13-19)22(27)26-21-10-8-6-4-2-1-3-5-7-9-11-21/h12-15,18,21,25H,1-11,17H2,(H,26,27)/b20-18-. The molecule has 0 bridgehead atoms. The summed E-state index contributed by atoms with van der Waals surface area (Å²) >= 11 is 0. The van der Waals surface area contributed by atoms with Crippen molar-refractivity contribution in [2.24, 2.45) is 0 Å². The van der Waals surface area contributed by atoms with E-state index in [0.29, 0.717) is 6.54 Å². The lowest BCUT2D eigenvalue weighted by Crippen LogP contribution is -2.36. The third-order valence-electron chi connectivity index (χ3n) is 5.11. The molecule has 0 aliphatic heterocycles. The van der Waals surface area contributed by atoms with Gasteiger partial charge >= 0.3 is 0 Å². The van der Waals surface area contributed by atoms with Gasteiger partial charge < -0.3 is 10.6 Å². The highest BCUT2D eigenvalue weighted by Gasteiger charge is 2.15. The summed E-state index contributed by atoms with van der Waals surface area (Å²) < 4.78 is 0. The van der Waals surface area contributed by atoms with E-state index in [-0.39, 0.29) is 17.5 Å². The molecule has 27 heavy (non-hydrogen) atoms. The zero-order valence-corrected chi connectivity index (χ0v) is 16.3. The van der Waals surface area contributed by atoms with Crippen LogP contribution in [0, 0.1) is 11.3 Å². The fourth-order valence-electron chi connectivity index (χ4n) is 3.49. The lowest BCUT2D eigenvalue weighted by molar-refractivity contribution is -0.117. The Hall–Kier alpha value is -2.35. The van der Waals surface area contributed by atoms with E-state index < -0.39 is 0 Å². The van der Waals surface area contributed by atoms with Gasteiger partial charge in [0.25, 0.3) is 5.91 Å². The van der Waals surface area contributed by atoms with Crippen molar-refractivity contribution in [2.45, 2.75) is 83.2 Å². The predicted octanol–water partition coefficient (Wildman–Crippen LogP) is 4.37. The number of rotatable bonds is 5. The van der Waals surface area contributed by atoms with Crippen molar-refractivity contribution in [1.29, 1.82) is 5.26 Å². The van der Waals surface area contributed by atoms with Crippen LogP contribution in [-0.2, 0) is 11.3 Å². The van der Waals surface area contributed by atoms with Gasteiger partial charge in [-0.05, 0) is 30.5 Å². The Morgan fingerprint density at radius 2 is 1.59 bits per heavy atom. The molecule has 0 spiro atoms. The highest BCUT2D eigenvalue weighted by Crippen LogP contribution is 2.17. The van der Waals surface area contributed by atoms with Crippen LogP contribution in [-0.4, -0.2) is 16.9 Å². The van der Waals surface area contributed by atoms with Crippen molar-refractivity contribution in [3.63, 3.8) is 0 Å². The number of hydrogen-bond acceptors (Lipinski definition) is 4. The number of carbonyl (C=O) groups is 1. The molecule has 146 valence electrons. The molecule has 1 fully saturated rings. The molecule has 1 aliphatic carbocycles. The van der Waals surface area contributed by atoms with E-state index in [2.05, 4.69) is 15.6 Å². The largest absolute Gasteiger partial charge is 0.386 e. The summed E-state index contributed by atoms with van der Waals surface area (Å²) in [5, 5.41) is 15.5. The van der Waals surface area contributed by atoms with Crippen LogP contribution in [0.1, 0.15) is 76.2 Å². The summed E-state index contributed by atoms with van der Waals surface area (Å²) in [5.41, 5.74) is 1.19. The number of carbonyl (C=O) groups excluding carboxylic acids is 1. The summed E-state index contributed by atoms with van der Waals surface area (Å²) in [7, 11) is 0. The number of hydrogen-bond donors (Lipinski definition) is 2. The Labute approximate surface area is 163 Å². The van der Waals surface area contributed by atoms with E-state index in [0.717, 1.165) is 31.2 Å². The number of aromatic nitrogens is 1. The van der Waals surface area contributed by atoms with Crippen LogP contribution >= 0.6 is 0 Å². The Balaban J connectivity index is 1.84. The van der Waals surface area contributed by atoms with E-state index >= 15 is 0 Å². The summed E-state index contributed by atoms with van der Waals surface area (Å²) in [4.78, 5) is 16.5. The number of pyridine rings is 1. The molecule has 0 atom stereocenters. The van der Waals surface area contributed by atoms with Crippen molar-refractivity contribution in [3.05, 3.63) is 41.9 Å². The zero-order chi connectivity index (χ0) is 19.2. The normalized spacial score (nSPS) is 17.8. The molecule has 0 unspecified atom stereocenters. The highest BCUT2D eigenvalue weighted by atomic mass is 16.1. The molecular weight excluding hydrogens is 336 g/mol. The smallest absolute Gasteiger partial charge is 0.263 e. The van der Waals surface area contributed by atoms with Crippen LogP contribution in [0.15, 0.2) is 36.3 Å². The number of nitrogens with one attached hydrogen (secondary N) is 2. The van der Waals surface area contributed by atoms with Crippen LogP contribution < -0.4 is 10.6 Å². The van der Waals surface area contributed by atoms with E-state index in [1.54, 1.807) is 12.4 Å². The van der Waals surface area contributed by atoms with Gasteiger partial charge in [-0.15, -0.1) is 0 Å². The summed E-state index contributed by atoms with van der Waals surface area (Å²) in [6, 6.07) is 6.00. The van der Waals surface area contributed by atoms with Gasteiger partial charge in [0.05, 0.1) is 0 Å². The Morgan fingerprint density at radius 1 is 1.04 bits per heavy atom. The van der Waals surface area contributed by atoms with Gasteiger partial charge in [0.1, 0.15) is 11.6 Å². The Morgan fingerprint density at radius 3 is 2.15 bits per heavy atom. The lowest BCUT2D eigenvalue weighted by atomic mass is 9.98. The molecule has 1 aromatic heterocycles. The highest BCUT2D eigenvalue weighted by molar-refractivity contribution is 5.97. The van der Waals surface area contributed by atoms with E-state index in [1.807, 2.05) is 18.2 Å². The number of nitrogens with zero attached hydrogens (tertiary/aromatic N) is 2. The SMILES string of the molecule is N#C/C(=C/NCc1ccncc1)C(=O)NC1CCCCCCCCCCC1. The van der Waals surface area contributed by atoms with Gasteiger partial charge in [-0.3, -0.25) is 9.78 Å². The van der Waals surface area contributed by atoms with Crippen molar-refractivity contribution in [2.75, 3.05) is 0 Å². The van der Waals surface area contributed by atoms with E-state index in [9.17, 15) is 10.1 Å². The van der Waals surface area contributed by atoms with Crippen molar-refractivity contribution in [1.82, 2.24) is 15.6 Å².